The minimum absolute atomic E-state index is 0.0190. The number of halogens is 1. The molecular formula is C15H20FNO5S. The molecule has 0 amide bonds. The maximum atomic E-state index is 13.8. The van der Waals surface area contributed by atoms with E-state index in [1.54, 1.807) is 0 Å². The summed E-state index contributed by atoms with van der Waals surface area (Å²) in [6.07, 6.45) is 1.81. The highest BCUT2D eigenvalue weighted by Crippen LogP contribution is 2.33. The first-order chi connectivity index (χ1) is 11.0. The molecule has 2 heterocycles. The monoisotopic (exact) mass is 345 g/mol. The predicted molar refractivity (Wildman–Crippen MR) is 80.2 cm³/mol. The van der Waals surface area contributed by atoms with Gasteiger partial charge in [-0.25, -0.2) is 12.8 Å². The fourth-order valence-electron chi connectivity index (χ4n) is 2.93. The molecule has 0 aromatic heterocycles. The average Bonchev–Trinajstić information content (AvgIpc) is 2.56. The first-order valence-electron chi connectivity index (χ1n) is 7.58. The summed E-state index contributed by atoms with van der Waals surface area (Å²) in [6.45, 7) is 1.85. The number of benzene rings is 1. The van der Waals surface area contributed by atoms with Crippen LogP contribution in [0.1, 0.15) is 19.3 Å². The maximum Gasteiger partial charge on any atom is 0.243 e. The van der Waals surface area contributed by atoms with Crippen molar-refractivity contribution in [2.45, 2.75) is 29.9 Å². The molecule has 0 radical (unpaired) electrons. The van der Waals surface area contributed by atoms with Crippen molar-refractivity contribution in [2.75, 3.05) is 33.4 Å². The molecule has 1 spiro atoms. The first kappa shape index (κ1) is 16.6. The van der Waals surface area contributed by atoms with Crippen molar-refractivity contribution in [3.8, 4) is 5.75 Å². The van der Waals surface area contributed by atoms with Crippen LogP contribution < -0.4 is 4.74 Å². The summed E-state index contributed by atoms with van der Waals surface area (Å²) in [4.78, 5) is -0.0720. The lowest BCUT2D eigenvalue weighted by Gasteiger charge is -2.42. The van der Waals surface area contributed by atoms with Gasteiger partial charge in [-0.1, -0.05) is 0 Å². The molecule has 23 heavy (non-hydrogen) atoms. The van der Waals surface area contributed by atoms with Gasteiger partial charge in [0.25, 0.3) is 0 Å². The third-order valence-electron chi connectivity index (χ3n) is 4.26. The molecule has 0 saturated carbocycles. The molecule has 8 heteroatoms. The largest absolute Gasteiger partial charge is 0.494 e. The van der Waals surface area contributed by atoms with Crippen molar-refractivity contribution in [3.05, 3.63) is 24.0 Å². The summed E-state index contributed by atoms with van der Waals surface area (Å²) < 4.78 is 56.6. The second-order valence-electron chi connectivity index (χ2n) is 5.66. The standard InChI is InChI=1S/C15H20FNO5S/c1-20-14-4-3-12(11-13(14)16)23(18,19)17-7-5-15(6-8-17)21-9-2-10-22-15/h3-4,11H,2,5-10H2,1H3. The van der Waals surface area contributed by atoms with E-state index in [1.807, 2.05) is 0 Å². The summed E-state index contributed by atoms with van der Waals surface area (Å²) in [5.74, 6) is -1.33. The van der Waals surface area contributed by atoms with Gasteiger partial charge in [0.05, 0.1) is 25.2 Å². The topological polar surface area (TPSA) is 65.1 Å². The van der Waals surface area contributed by atoms with Gasteiger partial charge < -0.3 is 14.2 Å². The number of rotatable bonds is 3. The van der Waals surface area contributed by atoms with E-state index < -0.39 is 21.6 Å². The van der Waals surface area contributed by atoms with Crippen LogP contribution in [0, 0.1) is 5.82 Å². The van der Waals surface area contributed by atoms with Crippen molar-refractivity contribution in [1.82, 2.24) is 4.31 Å². The Kier molecular flexibility index (Phi) is 4.59. The summed E-state index contributed by atoms with van der Waals surface area (Å²) in [7, 11) is -2.40. The van der Waals surface area contributed by atoms with Crippen LogP contribution in [0.3, 0.4) is 0 Å². The number of ether oxygens (including phenoxy) is 3. The molecule has 0 unspecified atom stereocenters. The Morgan fingerprint density at radius 2 is 1.87 bits per heavy atom. The third-order valence-corrected chi connectivity index (χ3v) is 6.16. The SMILES string of the molecule is COc1ccc(S(=O)(=O)N2CCC3(CC2)OCCCO3)cc1F. The minimum atomic E-state index is -3.74. The molecule has 0 bridgehead atoms. The third kappa shape index (κ3) is 3.21. The molecule has 0 N–H and O–H groups in total. The van der Waals surface area contributed by atoms with Gasteiger partial charge in [0.2, 0.25) is 10.0 Å². The quantitative estimate of drug-likeness (QED) is 0.835. The van der Waals surface area contributed by atoms with E-state index in [4.69, 9.17) is 14.2 Å². The molecule has 2 aliphatic rings. The zero-order valence-corrected chi connectivity index (χ0v) is 13.8. The molecule has 6 nitrogen and oxygen atoms in total. The molecule has 1 aromatic carbocycles. The molecule has 0 aliphatic carbocycles. The number of methoxy groups -OCH3 is 1. The van der Waals surface area contributed by atoms with Gasteiger partial charge in [-0.3, -0.25) is 0 Å². The lowest BCUT2D eigenvalue weighted by atomic mass is 10.0. The summed E-state index contributed by atoms with van der Waals surface area (Å²) in [5, 5.41) is 0. The van der Waals surface area contributed by atoms with Gasteiger partial charge in [0.15, 0.2) is 17.4 Å². The van der Waals surface area contributed by atoms with Gasteiger partial charge in [-0.15, -0.1) is 0 Å². The first-order valence-corrected chi connectivity index (χ1v) is 9.02. The number of hydrogen-bond donors (Lipinski definition) is 0. The van der Waals surface area contributed by atoms with E-state index in [0.717, 1.165) is 12.5 Å². The van der Waals surface area contributed by atoms with E-state index >= 15 is 0 Å². The number of hydrogen-bond acceptors (Lipinski definition) is 5. The Balaban J connectivity index is 1.75. The summed E-state index contributed by atoms with van der Waals surface area (Å²) >= 11 is 0. The molecule has 0 atom stereocenters. The fourth-order valence-corrected chi connectivity index (χ4v) is 4.38. The zero-order chi connectivity index (χ0) is 16.5. The molecule has 3 rings (SSSR count). The van der Waals surface area contributed by atoms with Crippen molar-refractivity contribution < 1.29 is 27.0 Å². The van der Waals surface area contributed by atoms with Crippen LogP contribution >= 0.6 is 0 Å². The van der Waals surface area contributed by atoms with E-state index in [-0.39, 0.29) is 23.7 Å². The van der Waals surface area contributed by atoms with Crippen LogP contribution in [-0.2, 0) is 19.5 Å². The highest BCUT2D eigenvalue weighted by molar-refractivity contribution is 7.89. The van der Waals surface area contributed by atoms with Crippen LogP contribution in [0.25, 0.3) is 0 Å². The number of sulfonamides is 1. The van der Waals surface area contributed by atoms with Crippen molar-refractivity contribution >= 4 is 10.0 Å². The molecule has 2 aliphatic heterocycles. The van der Waals surface area contributed by atoms with Crippen molar-refractivity contribution in [1.29, 1.82) is 0 Å². The normalized spacial score (nSPS) is 22.2. The Bertz CT molecular complexity index is 662. The van der Waals surface area contributed by atoms with Crippen molar-refractivity contribution in [3.63, 3.8) is 0 Å². The zero-order valence-electron chi connectivity index (χ0n) is 13.0. The summed E-state index contributed by atoms with van der Waals surface area (Å²) in [5.41, 5.74) is 0. The molecule has 128 valence electrons. The van der Waals surface area contributed by atoms with Crippen LogP contribution in [0.15, 0.2) is 23.1 Å². The molecule has 2 fully saturated rings. The maximum absolute atomic E-state index is 13.8. The Morgan fingerprint density at radius 3 is 2.43 bits per heavy atom. The number of nitrogens with zero attached hydrogens (tertiary/aromatic N) is 1. The minimum Gasteiger partial charge on any atom is -0.494 e. The highest BCUT2D eigenvalue weighted by Gasteiger charge is 2.41. The highest BCUT2D eigenvalue weighted by atomic mass is 32.2. The smallest absolute Gasteiger partial charge is 0.243 e. The van der Waals surface area contributed by atoms with Gasteiger partial charge >= 0.3 is 0 Å². The molecule has 1 aromatic rings. The Labute approximate surface area is 135 Å². The average molecular weight is 345 g/mol. The van der Waals surface area contributed by atoms with Gasteiger partial charge in [0, 0.05) is 25.9 Å². The van der Waals surface area contributed by atoms with E-state index in [2.05, 4.69) is 0 Å². The summed E-state index contributed by atoms with van der Waals surface area (Å²) in [6, 6.07) is 3.67. The predicted octanol–water partition coefficient (Wildman–Crippen LogP) is 1.75. The lowest BCUT2D eigenvalue weighted by molar-refractivity contribution is -0.280. The lowest BCUT2D eigenvalue weighted by Crippen LogP contribution is -2.51. The Morgan fingerprint density at radius 1 is 1.22 bits per heavy atom. The van der Waals surface area contributed by atoms with E-state index in [9.17, 15) is 12.8 Å². The fraction of sp³-hybridized carbons (Fsp3) is 0.600. The second kappa shape index (κ2) is 6.35. The van der Waals surface area contributed by atoms with E-state index in [0.29, 0.717) is 26.1 Å². The second-order valence-corrected chi connectivity index (χ2v) is 7.60. The van der Waals surface area contributed by atoms with Gasteiger partial charge in [-0.05, 0) is 24.6 Å². The van der Waals surface area contributed by atoms with Crippen LogP contribution in [0.2, 0.25) is 0 Å². The number of piperidine rings is 1. The van der Waals surface area contributed by atoms with Crippen molar-refractivity contribution in [2.24, 2.45) is 0 Å². The van der Waals surface area contributed by atoms with Gasteiger partial charge in [-0.2, -0.15) is 4.31 Å². The van der Waals surface area contributed by atoms with Crippen LogP contribution in [0.5, 0.6) is 5.75 Å². The van der Waals surface area contributed by atoms with Crippen LogP contribution in [0.4, 0.5) is 4.39 Å². The molecular weight excluding hydrogens is 325 g/mol. The van der Waals surface area contributed by atoms with Crippen LogP contribution in [-0.4, -0.2) is 51.9 Å². The van der Waals surface area contributed by atoms with E-state index in [1.165, 1.54) is 23.5 Å². The molecule has 2 saturated heterocycles. The Hall–Kier alpha value is -1.22. The van der Waals surface area contributed by atoms with Gasteiger partial charge in [0.1, 0.15) is 0 Å².